The molecule has 1 aliphatic carbocycles. The predicted octanol–water partition coefficient (Wildman–Crippen LogP) is 2.30. The van der Waals surface area contributed by atoms with E-state index in [1.54, 1.807) is 36.9 Å². The van der Waals surface area contributed by atoms with Crippen molar-refractivity contribution in [3.63, 3.8) is 0 Å². The summed E-state index contributed by atoms with van der Waals surface area (Å²) in [6.07, 6.45) is 8.31. The van der Waals surface area contributed by atoms with Gasteiger partial charge in [0.1, 0.15) is 11.7 Å². The van der Waals surface area contributed by atoms with Gasteiger partial charge in [-0.15, -0.1) is 6.58 Å². The average molecular weight is 464 g/mol. The van der Waals surface area contributed by atoms with E-state index in [1.807, 2.05) is 24.3 Å². The summed E-state index contributed by atoms with van der Waals surface area (Å²) in [5.74, 6) is -0.464. The van der Waals surface area contributed by atoms with Crippen LogP contribution in [0.1, 0.15) is 62.0 Å². The molecular formula is C26H35N6O2+. The molecular weight excluding hydrogens is 428 g/mol. The maximum absolute atomic E-state index is 13.3. The molecule has 0 aliphatic heterocycles. The van der Waals surface area contributed by atoms with Gasteiger partial charge in [0.2, 0.25) is 5.91 Å². The zero-order valence-electron chi connectivity index (χ0n) is 20.0. The molecule has 1 aromatic heterocycles. The highest BCUT2D eigenvalue weighted by atomic mass is 16.2. The van der Waals surface area contributed by atoms with E-state index in [1.165, 1.54) is 0 Å². The molecule has 0 spiro atoms. The van der Waals surface area contributed by atoms with E-state index in [4.69, 9.17) is 11.1 Å². The molecule has 1 aliphatic rings. The van der Waals surface area contributed by atoms with Crippen molar-refractivity contribution in [2.24, 2.45) is 11.7 Å². The number of nitrogens with zero attached hydrogens (tertiary/aromatic N) is 2. The van der Waals surface area contributed by atoms with Gasteiger partial charge >= 0.3 is 0 Å². The Morgan fingerprint density at radius 2 is 1.88 bits per heavy atom. The number of nitrogens with two attached hydrogens (primary N) is 2. The summed E-state index contributed by atoms with van der Waals surface area (Å²) in [7, 11) is 0. The van der Waals surface area contributed by atoms with Crippen molar-refractivity contribution in [2.45, 2.75) is 58.5 Å². The molecule has 180 valence electrons. The molecule has 1 unspecified atom stereocenters. The zero-order valence-corrected chi connectivity index (χ0v) is 20.0. The van der Waals surface area contributed by atoms with Crippen LogP contribution in [0.5, 0.6) is 0 Å². The Morgan fingerprint density at radius 1 is 1.21 bits per heavy atom. The van der Waals surface area contributed by atoms with Crippen LogP contribution in [-0.2, 0) is 11.3 Å². The molecule has 1 aromatic carbocycles. The van der Waals surface area contributed by atoms with Crippen LogP contribution >= 0.6 is 0 Å². The first kappa shape index (κ1) is 25.0. The van der Waals surface area contributed by atoms with Gasteiger partial charge in [0.25, 0.3) is 5.91 Å². The average Bonchev–Trinajstić information content (AvgIpc) is 3.27. The predicted molar refractivity (Wildman–Crippen MR) is 135 cm³/mol. The van der Waals surface area contributed by atoms with E-state index < -0.39 is 6.04 Å². The van der Waals surface area contributed by atoms with Gasteiger partial charge in [0.15, 0.2) is 5.71 Å². The molecule has 1 saturated carbocycles. The summed E-state index contributed by atoms with van der Waals surface area (Å²) in [6.45, 7) is 7.74. The summed E-state index contributed by atoms with van der Waals surface area (Å²) in [4.78, 5) is 26.4. The largest absolute Gasteiger partial charge is 0.402 e. The summed E-state index contributed by atoms with van der Waals surface area (Å²) >= 11 is 0. The molecule has 0 radical (unpaired) electrons. The van der Waals surface area contributed by atoms with Crippen molar-refractivity contribution in [3.05, 3.63) is 66.1 Å². The minimum atomic E-state index is -0.638. The van der Waals surface area contributed by atoms with Crippen molar-refractivity contribution < 1.29 is 15.0 Å². The molecule has 1 atom stereocenters. The van der Waals surface area contributed by atoms with E-state index >= 15 is 0 Å². The number of amides is 2. The maximum atomic E-state index is 13.3. The second kappa shape index (κ2) is 11.4. The fraction of sp³-hybridized carbons (Fsp3) is 0.385. The maximum Gasteiger partial charge on any atom is 0.270 e. The van der Waals surface area contributed by atoms with E-state index in [2.05, 4.69) is 22.3 Å². The first-order valence-electron chi connectivity index (χ1n) is 11.7. The highest BCUT2D eigenvalue weighted by molar-refractivity contribution is 6.20. The van der Waals surface area contributed by atoms with Gasteiger partial charge < -0.3 is 16.4 Å². The highest BCUT2D eigenvalue weighted by Crippen LogP contribution is 2.28. The summed E-state index contributed by atoms with van der Waals surface area (Å²) < 4.78 is 1.57. The summed E-state index contributed by atoms with van der Waals surface area (Å²) in [5.41, 5.74) is 9.97. The highest BCUT2D eigenvalue weighted by Gasteiger charge is 2.32. The third-order valence-electron chi connectivity index (χ3n) is 6.17. The van der Waals surface area contributed by atoms with Crippen LogP contribution in [0.4, 0.5) is 5.69 Å². The van der Waals surface area contributed by atoms with E-state index in [-0.39, 0.29) is 17.7 Å². The van der Waals surface area contributed by atoms with Gasteiger partial charge in [0.05, 0.1) is 12.1 Å². The summed E-state index contributed by atoms with van der Waals surface area (Å²) in [6, 6.07) is 8.39. The van der Waals surface area contributed by atoms with Crippen LogP contribution in [0.25, 0.3) is 5.57 Å². The number of allylic oxidation sites excluding steroid dienone is 3. The zero-order chi connectivity index (χ0) is 24.7. The van der Waals surface area contributed by atoms with Gasteiger partial charge in [0, 0.05) is 24.5 Å². The molecule has 1 heterocycles. The number of benzene rings is 1. The second-order valence-electron chi connectivity index (χ2n) is 8.84. The topological polar surface area (TPSA) is 128 Å². The first-order valence-corrected chi connectivity index (χ1v) is 11.7. The molecule has 3 rings (SSSR count). The van der Waals surface area contributed by atoms with Gasteiger partial charge in [-0.05, 0) is 49.4 Å². The first-order chi connectivity index (χ1) is 16.3. The van der Waals surface area contributed by atoms with Crippen LogP contribution in [0.3, 0.4) is 0 Å². The monoisotopic (exact) mass is 463 g/mol. The number of carbonyl (C=O) groups is 2. The van der Waals surface area contributed by atoms with Crippen LogP contribution in [-0.4, -0.2) is 33.3 Å². The van der Waals surface area contributed by atoms with Gasteiger partial charge in [-0.2, -0.15) is 5.10 Å². The van der Waals surface area contributed by atoms with Crippen LogP contribution in [0.15, 0.2) is 54.9 Å². The molecule has 1 fully saturated rings. The van der Waals surface area contributed by atoms with Crippen LogP contribution < -0.4 is 21.8 Å². The Bertz CT molecular complexity index is 1070. The van der Waals surface area contributed by atoms with Crippen LogP contribution in [0.2, 0.25) is 0 Å². The minimum Gasteiger partial charge on any atom is -0.402 e. The number of hydrogen-bond donors (Lipinski definition) is 4. The Kier molecular flexibility index (Phi) is 8.40. The summed E-state index contributed by atoms with van der Waals surface area (Å²) in [5, 5.41) is 16.1. The fourth-order valence-corrected chi connectivity index (χ4v) is 4.58. The molecule has 2 amide bonds. The van der Waals surface area contributed by atoms with Crippen molar-refractivity contribution in [2.75, 3.05) is 5.32 Å². The normalized spacial score (nSPS) is 15.7. The van der Waals surface area contributed by atoms with Gasteiger partial charge in [-0.25, -0.2) is 0 Å². The minimum absolute atomic E-state index is 0.0802. The van der Waals surface area contributed by atoms with Crippen LogP contribution in [0, 0.1) is 5.92 Å². The Morgan fingerprint density at radius 3 is 2.47 bits per heavy atom. The fourth-order valence-electron chi connectivity index (χ4n) is 4.58. The van der Waals surface area contributed by atoms with E-state index in [0.29, 0.717) is 29.3 Å². The molecule has 8 nitrogen and oxygen atoms in total. The number of nitrogens with one attached hydrogen (secondary N) is 2. The van der Waals surface area contributed by atoms with E-state index in [9.17, 15) is 9.59 Å². The molecule has 2 aromatic rings. The quantitative estimate of drug-likeness (QED) is 0.336. The lowest BCUT2D eigenvalue weighted by Crippen LogP contribution is -2.49. The van der Waals surface area contributed by atoms with Crippen molar-refractivity contribution in [1.29, 1.82) is 0 Å². The lowest BCUT2D eigenvalue weighted by Gasteiger charge is -2.30. The van der Waals surface area contributed by atoms with Crippen molar-refractivity contribution >= 4 is 28.8 Å². The number of rotatable bonds is 9. The van der Waals surface area contributed by atoms with E-state index in [0.717, 1.165) is 43.2 Å². The molecule has 34 heavy (non-hydrogen) atoms. The molecule has 8 heteroatoms. The Hall–Kier alpha value is -3.68. The number of hydrogen-bond acceptors (Lipinski definition) is 4. The molecule has 6 N–H and O–H groups in total. The second-order valence-corrected chi connectivity index (χ2v) is 8.84. The standard InChI is InChI=1S/C26H34N6O2/c1-4-16-32-22(14-15-29-32)25(33)31-24(20-8-6-5-7-9-20)26(34)30-21-12-10-19(11-13-21)23(17(2)27)18(3)28/h4,10-15,20,24,27H,1,5-9,16,28H2,2-3H3,(H,30,34)(H,31,33)/p+1/b23-18+,27-17?. The van der Waals surface area contributed by atoms with Gasteiger partial charge in [-0.3, -0.25) is 19.7 Å². The number of anilines is 1. The molecule has 0 bridgehead atoms. The Labute approximate surface area is 200 Å². The third-order valence-corrected chi connectivity index (χ3v) is 6.17. The number of aromatic nitrogens is 2. The Balaban J connectivity index is 1.78. The van der Waals surface area contributed by atoms with Crippen molar-refractivity contribution in [1.82, 2.24) is 15.1 Å². The SMILES string of the molecule is C=CCn1nccc1C(=O)NC(C(=O)Nc1ccc(/C(C(C)=[NH2+])=C(\C)N)cc1)C1CCCCC1. The smallest absolute Gasteiger partial charge is 0.270 e. The molecule has 0 saturated heterocycles. The van der Waals surface area contributed by atoms with Crippen molar-refractivity contribution in [3.8, 4) is 0 Å². The lowest BCUT2D eigenvalue weighted by atomic mass is 9.83. The lowest BCUT2D eigenvalue weighted by molar-refractivity contribution is -0.119. The third kappa shape index (κ3) is 6.01. The number of carbonyl (C=O) groups excluding carboxylic acids is 2. The van der Waals surface area contributed by atoms with Gasteiger partial charge in [-0.1, -0.05) is 37.5 Å².